The molecule has 10 nitrogen and oxygen atoms in total. The van der Waals surface area contributed by atoms with Gasteiger partial charge in [0.25, 0.3) is 0 Å². The lowest BCUT2D eigenvalue weighted by atomic mass is 10.0. The molecule has 10 heteroatoms. The molecule has 1 aromatic heterocycles. The van der Waals surface area contributed by atoms with E-state index in [-0.39, 0.29) is 50.5 Å². The summed E-state index contributed by atoms with van der Waals surface area (Å²) in [5.41, 5.74) is -0.846. The molecule has 0 radical (unpaired) electrons. The van der Waals surface area contributed by atoms with Crippen LogP contribution in [0, 0.1) is 0 Å². The van der Waals surface area contributed by atoms with Crippen LogP contribution in [0.25, 0.3) is 21.7 Å². The van der Waals surface area contributed by atoms with Crippen LogP contribution in [0.1, 0.15) is 20.8 Å². The molecule has 3 aromatic rings. The normalized spacial score (nSPS) is 10.6. The molecule has 0 spiro atoms. The van der Waals surface area contributed by atoms with Gasteiger partial charge in [-0.25, -0.2) is 4.79 Å². The summed E-state index contributed by atoms with van der Waals surface area (Å²) in [7, 11) is 2.68. The molecule has 0 amide bonds. The Morgan fingerprint density at radius 3 is 1.90 bits per heavy atom. The van der Waals surface area contributed by atoms with Crippen LogP contribution in [-0.2, 0) is 14.4 Å². The van der Waals surface area contributed by atoms with E-state index in [4.69, 9.17) is 28.1 Å². The fourth-order valence-corrected chi connectivity index (χ4v) is 3.06. The smallest absolute Gasteiger partial charge is 0.348 e. The average Bonchev–Trinajstić information content (AvgIpc) is 2.67. The van der Waals surface area contributed by atoms with Crippen molar-refractivity contribution in [1.82, 2.24) is 0 Å². The monoisotopic (exact) mass is 430 g/mol. The molecular formula is C21H18O10. The number of ether oxygens (including phenoxy) is 5. The molecule has 31 heavy (non-hydrogen) atoms. The summed E-state index contributed by atoms with van der Waals surface area (Å²) in [6.45, 7) is 3.48. The van der Waals surface area contributed by atoms with Gasteiger partial charge < -0.3 is 28.1 Å². The molecule has 0 atom stereocenters. The van der Waals surface area contributed by atoms with Gasteiger partial charge in [0.15, 0.2) is 11.5 Å². The molecular weight excluding hydrogens is 412 g/mol. The van der Waals surface area contributed by atoms with Gasteiger partial charge >= 0.3 is 23.5 Å². The molecule has 0 bridgehead atoms. The zero-order chi connectivity index (χ0) is 22.9. The summed E-state index contributed by atoms with van der Waals surface area (Å²) in [4.78, 5) is 47.8. The number of fused-ring (bicyclic) bond motifs is 3. The minimum atomic E-state index is -0.822. The third-order valence-electron chi connectivity index (χ3n) is 4.12. The first-order chi connectivity index (χ1) is 14.7. The molecule has 0 aliphatic rings. The van der Waals surface area contributed by atoms with Gasteiger partial charge in [-0.15, -0.1) is 0 Å². The highest BCUT2D eigenvalue weighted by molar-refractivity contribution is 6.12. The lowest BCUT2D eigenvalue weighted by Crippen LogP contribution is -2.11. The van der Waals surface area contributed by atoms with Gasteiger partial charge in [0.1, 0.15) is 22.5 Å². The molecule has 0 saturated heterocycles. The molecule has 3 rings (SSSR count). The van der Waals surface area contributed by atoms with Crippen LogP contribution in [0.2, 0.25) is 0 Å². The van der Waals surface area contributed by atoms with E-state index in [1.54, 1.807) is 0 Å². The van der Waals surface area contributed by atoms with Gasteiger partial charge in [0, 0.05) is 38.3 Å². The predicted molar refractivity (Wildman–Crippen MR) is 107 cm³/mol. The minimum Gasteiger partial charge on any atom is -0.497 e. The van der Waals surface area contributed by atoms with Crippen molar-refractivity contribution in [3.8, 4) is 28.7 Å². The Bertz CT molecular complexity index is 1290. The van der Waals surface area contributed by atoms with E-state index in [0.29, 0.717) is 0 Å². The van der Waals surface area contributed by atoms with Crippen LogP contribution in [-0.4, -0.2) is 32.1 Å². The quantitative estimate of drug-likeness (QED) is 0.258. The number of benzene rings is 2. The van der Waals surface area contributed by atoms with Gasteiger partial charge in [0.05, 0.1) is 19.6 Å². The second-order valence-electron chi connectivity index (χ2n) is 6.33. The Labute approximate surface area is 175 Å². The molecule has 0 N–H and O–H groups in total. The summed E-state index contributed by atoms with van der Waals surface area (Å²) in [5, 5.41) is 0.180. The first kappa shape index (κ1) is 21.6. The van der Waals surface area contributed by atoms with Gasteiger partial charge in [-0.3, -0.25) is 14.4 Å². The summed E-state index contributed by atoms with van der Waals surface area (Å²) >= 11 is 0. The zero-order valence-corrected chi connectivity index (χ0v) is 17.3. The maximum absolute atomic E-state index is 12.8. The summed E-state index contributed by atoms with van der Waals surface area (Å²) < 4.78 is 31.6. The number of esters is 3. The zero-order valence-electron chi connectivity index (χ0n) is 17.3. The van der Waals surface area contributed by atoms with Crippen LogP contribution >= 0.6 is 0 Å². The second kappa shape index (κ2) is 8.34. The van der Waals surface area contributed by atoms with Crippen molar-refractivity contribution in [3.63, 3.8) is 0 Å². The molecule has 162 valence electrons. The fourth-order valence-electron chi connectivity index (χ4n) is 3.06. The van der Waals surface area contributed by atoms with E-state index in [0.717, 1.165) is 13.8 Å². The topological polar surface area (TPSA) is 128 Å². The van der Waals surface area contributed by atoms with E-state index in [1.165, 1.54) is 39.3 Å². The molecule has 0 aliphatic heterocycles. The second-order valence-corrected chi connectivity index (χ2v) is 6.33. The van der Waals surface area contributed by atoms with Crippen molar-refractivity contribution in [3.05, 3.63) is 28.6 Å². The molecule has 2 aromatic carbocycles. The van der Waals surface area contributed by atoms with E-state index in [1.807, 2.05) is 0 Å². The third-order valence-corrected chi connectivity index (χ3v) is 4.12. The van der Waals surface area contributed by atoms with Crippen LogP contribution in [0.3, 0.4) is 0 Å². The average molecular weight is 430 g/mol. The first-order valence-electron chi connectivity index (χ1n) is 8.91. The van der Waals surface area contributed by atoms with Crippen LogP contribution < -0.4 is 29.3 Å². The van der Waals surface area contributed by atoms with Crippen molar-refractivity contribution in [2.45, 2.75) is 20.8 Å². The van der Waals surface area contributed by atoms with E-state index in [9.17, 15) is 19.2 Å². The fraction of sp³-hybridized carbons (Fsp3) is 0.238. The van der Waals surface area contributed by atoms with Crippen molar-refractivity contribution < 1.29 is 42.5 Å². The predicted octanol–water partition coefficient (Wildman–Crippen LogP) is 2.74. The number of carbonyl (C=O) groups excluding carboxylic acids is 3. The summed E-state index contributed by atoms with van der Waals surface area (Å²) in [6.07, 6.45) is 0. The molecule has 0 saturated carbocycles. The lowest BCUT2D eigenvalue weighted by molar-refractivity contribution is -0.134. The van der Waals surface area contributed by atoms with E-state index in [2.05, 4.69) is 0 Å². The highest BCUT2D eigenvalue weighted by Crippen LogP contribution is 2.47. The maximum atomic E-state index is 12.8. The van der Waals surface area contributed by atoms with Crippen molar-refractivity contribution in [1.29, 1.82) is 0 Å². The largest absolute Gasteiger partial charge is 0.497 e. The number of rotatable bonds is 5. The Kier molecular flexibility index (Phi) is 5.82. The van der Waals surface area contributed by atoms with Gasteiger partial charge in [-0.05, 0) is 6.07 Å². The summed E-state index contributed by atoms with van der Waals surface area (Å²) in [6, 6.07) is 4.12. The van der Waals surface area contributed by atoms with Crippen molar-refractivity contribution in [2.24, 2.45) is 0 Å². The molecule has 0 fully saturated rings. The highest BCUT2D eigenvalue weighted by Gasteiger charge is 2.26. The molecule has 0 aliphatic carbocycles. The highest BCUT2D eigenvalue weighted by atomic mass is 16.6. The Hall–Kier alpha value is -4.08. The number of hydrogen-bond acceptors (Lipinski definition) is 10. The minimum absolute atomic E-state index is 0.00967. The van der Waals surface area contributed by atoms with E-state index < -0.39 is 23.5 Å². The number of hydrogen-bond donors (Lipinski definition) is 0. The van der Waals surface area contributed by atoms with Gasteiger partial charge in [0.2, 0.25) is 5.75 Å². The molecule has 0 unspecified atom stereocenters. The van der Waals surface area contributed by atoms with E-state index >= 15 is 0 Å². The Morgan fingerprint density at radius 1 is 0.742 bits per heavy atom. The Morgan fingerprint density at radius 2 is 1.35 bits per heavy atom. The van der Waals surface area contributed by atoms with Gasteiger partial charge in [-0.1, -0.05) is 0 Å². The first-order valence-corrected chi connectivity index (χ1v) is 8.91. The standard InChI is InChI=1S/C21H18O10/c1-9(22)28-14-7-12(26-4)6-13-17-15(31-21(25)18(13)14)8-16(27-5)19(29-10(2)23)20(17)30-11(3)24/h6-8H,1-5H3. The van der Waals surface area contributed by atoms with Crippen LogP contribution in [0.4, 0.5) is 0 Å². The summed E-state index contributed by atoms with van der Waals surface area (Å²) in [5.74, 6) is -2.39. The van der Waals surface area contributed by atoms with Gasteiger partial charge in [-0.2, -0.15) is 0 Å². The third kappa shape index (κ3) is 4.13. The maximum Gasteiger partial charge on any atom is 0.348 e. The Balaban J connectivity index is 2.60. The SMILES string of the molecule is COc1cc(OC(C)=O)c2c(=O)oc3cc(OC)c(OC(C)=O)c(OC(C)=O)c3c2c1. The van der Waals surface area contributed by atoms with Crippen molar-refractivity contribution >= 4 is 39.6 Å². The van der Waals surface area contributed by atoms with Crippen LogP contribution in [0.15, 0.2) is 27.4 Å². The lowest BCUT2D eigenvalue weighted by Gasteiger charge is -2.17. The van der Waals surface area contributed by atoms with Crippen LogP contribution in [0.5, 0.6) is 28.7 Å². The number of carbonyl (C=O) groups is 3. The number of methoxy groups -OCH3 is 2. The van der Waals surface area contributed by atoms with Crippen molar-refractivity contribution in [2.75, 3.05) is 14.2 Å². The molecule has 1 heterocycles.